The molecule has 2 nitrogen and oxygen atoms in total. The molecule has 0 saturated carbocycles. The van der Waals surface area contributed by atoms with Crippen molar-refractivity contribution < 1.29 is 9.84 Å². The van der Waals surface area contributed by atoms with Gasteiger partial charge in [-0.25, -0.2) is 0 Å². The smallest absolute Gasteiger partial charge is 0.0613 e. The number of methoxy groups -OCH3 is 1. The van der Waals surface area contributed by atoms with E-state index in [0.29, 0.717) is 6.42 Å². The second-order valence-corrected chi connectivity index (χ2v) is 4.16. The summed E-state index contributed by atoms with van der Waals surface area (Å²) in [4.78, 5) is 0. The second kappa shape index (κ2) is 4.07. The summed E-state index contributed by atoms with van der Waals surface area (Å²) in [5.41, 5.74) is -0.0349. The van der Waals surface area contributed by atoms with Crippen LogP contribution in [-0.2, 0) is 4.74 Å². The predicted molar refractivity (Wildman–Crippen MR) is 46.5 cm³/mol. The van der Waals surface area contributed by atoms with Crippen molar-refractivity contribution in [3.05, 3.63) is 0 Å². The van der Waals surface area contributed by atoms with Crippen LogP contribution in [0, 0.1) is 5.41 Å². The van der Waals surface area contributed by atoms with Crippen LogP contribution in [0.1, 0.15) is 34.1 Å². The van der Waals surface area contributed by atoms with Crippen LogP contribution in [0.4, 0.5) is 0 Å². The number of aliphatic hydroxyl groups is 1. The number of ether oxygens (including phenoxy) is 1. The van der Waals surface area contributed by atoms with Crippen molar-refractivity contribution in [3.63, 3.8) is 0 Å². The fraction of sp³-hybridized carbons (Fsp3) is 1.00. The van der Waals surface area contributed by atoms with Crippen molar-refractivity contribution in [2.24, 2.45) is 5.41 Å². The molecule has 0 amide bonds. The Morgan fingerprint density at radius 1 is 1.36 bits per heavy atom. The fourth-order valence-electron chi connectivity index (χ4n) is 0.764. The molecule has 0 heterocycles. The molecule has 0 bridgehead atoms. The lowest BCUT2D eigenvalue weighted by Gasteiger charge is -2.27. The van der Waals surface area contributed by atoms with Crippen molar-refractivity contribution in [2.75, 3.05) is 7.11 Å². The first-order valence-corrected chi connectivity index (χ1v) is 4.08. The predicted octanol–water partition coefficient (Wildman–Crippen LogP) is 1.82. The topological polar surface area (TPSA) is 29.5 Å². The normalized spacial score (nSPS) is 18.0. The Bertz CT molecular complexity index is 105. The van der Waals surface area contributed by atoms with E-state index in [1.165, 1.54) is 0 Å². The van der Waals surface area contributed by atoms with Gasteiger partial charge in [0.15, 0.2) is 0 Å². The lowest BCUT2D eigenvalue weighted by Crippen LogP contribution is -2.29. The van der Waals surface area contributed by atoms with Gasteiger partial charge in [0.1, 0.15) is 0 Å². The Labute approximate surface area is 69.6 Å². The first-order valence-electron chi connectivity index (χ1n) is 4.08. The Morgan fingerprint density at radius 3 is 2.09 bits per heavy atom. The molecule has 0 rings (SSSR count). The zero-order valence-electron chi connectivity index (χ0n) is 8.22. The maximum atomic E-state index is 9.61. The summed E-state index contributed by atoms with van der Waals surface area (Å²) in [6.45, 7) is 8.05. The highest BCUT2D eigenvalue weighted by Crippen LogP contribution is 2.22. The first kappa shape index (κ1) is 10.9. The Kier molecular flexibility index (Phi) is 4.04. The quantitative estimate of drug-likeness (QED) is 0.682. The Morgan fingerprint density at radius 2 is 1.82 bits per heavy atom. The molecular formula is C9H20O2. The zero-order valence-corrected chi connectivity index (χ0v) is 8.22. The number of hydrogen-bond donors (Lipinski definition) is 1. The van der Waals surface area contributed by atoms with Gasteiger partial charge >= 0.3 is 0 Å². The maximum Gasteiger partial charge on any atom is 0.0613 e. The van der Waals surface area contributed by atoms with Crippen LogP contribution < -0.4 is 0 Å². The molecule has 2 unspecified atom stereocenters. The average Bonchev–Trinajstić information content (AvgIpc) is 1.85. The molecule has 0 aromatic heterocycles. The van der Waals surface area contributed by atoms with Crippen LogP contribution in [0.3, 0.4) is 0 Å². The van der Waals surface area contributed by atoms with E-state index in [4.69, 9.17) is 4.74 Å². The minimum atomic E-state index is -0.280. The molecule has 1 N–H and O–H groups in total. The summed E-state index contributed by atoms with van der Waals surface area (Å²) < 4.78 is 5.06. The van der Waals surface area contributed by atoms with Crippen LogP contribution in [0.5, 0.6) is 0 Å². The molecule has 0 aliphatic heterocycles. The van der Waals surface area contributed by atoms with Gasteiger partial charge in [0.05, 0.1) is 12.2 Å². The first-order chi connectivity index (χ1) is 4.88. The molecule has 11 heavy (non-hydrogen) atoms. The average molecular weight is 160 g/mol. The molecule has 0 aliphatic rings. The van der Waals surface area contributed by atoms with E-state index in [0.717, 1.165) is 0 Å². The highest BCUT2D eigenvalue weighted by Gasteiger charge is 2.23. The minimum Gasteiger partial charge on any atom is -0.392 e. The van der Waals surface area contributed by atoms with Crippen molar-refractivity contribution in [1.82, 2.24) is 0 Å². The van der Waals surface area contributed by atoms with Gasteiger partial charge in [-0.3, -0.25) is 0 Å². The third-order valence-corrected chi connectivity index (χ3v) is 1.96. The van der Waals surface area contributed by atoms with Crippen LogP contribution in [-0.4, -0.2) is 24.4 Å². The van der Waals surface area contributed by atoms with Gasteiger partial charge in [-0.2, -0.15) is 0 Å². The molecule has 0 aromatic carbocycles. The number of rotatable bonds is 3. The molecule has 0 saturated heterocycles. The van der Waals surface area contributed by atoms with Gasteiger partial charge < -0.3 is 9.84 Å². The molecule has 0 radical (unpaired) electrons. The molecule has 0 spiro atoms. The monoisotopic (exact) mass is 160 g/mol. The Balaban J connectivity index is 3.77. The van der Waals surface area contributed by atoms with Gasteiger partial charge in [-0.15, -0.1) is 0 Å². The van der Waals surface area contributed by atoms with Crippen molar-refractivity contribution in [2.45, 2.75) is 46.3 Å². The Hall–Kier alpha value is -0.0800. The minimum absolute atomic E-state index is 0.0349. The van der Waals surface area contributed by atoms with Crippen molar-refractivity contribution in [3.8, 4) is 0 Å². The SMILES string of the molecule is COC(C)CC(O)C(C)(C)C. The molecule has 2 atom stereocenters. The van der Waals surface area contributed by atoms with E-state index in [9.17, 15) is 5.11 Å². The molecule has 2 heteroatoms. The third kappa shape index (κ3) is 4.38. The van der Waals surface area contributed by atoms with Gasteiger partial charge in [0.2, 0.25) is 0 Å². The number of aliphatic hydroxyl groups excluding tert-OH is 1. The highest BCUT2D eigenvalue weighted by atomic mass is 16.5. The van der Waals surface area contributed by atoms with Crippen LogP contribution in [0.15, 0.2) is 0 Å². The largest absolute Gasteiger partial charge is 0.392 e. The molecule has 0 aliphatic carbocycles. The lowest BCUT2D eigenvalue weighted by molar-refractivity contribution is 0.00371. The molecule has 68 valence electrons. The van der Waals surface area contributed by atoms with Crippen LogP contribution in [0.2, 0.25) is 0 Å². The third-order valence-electron chi connectivity index (χ3n) is 1.96. The summed E-state index contributed by atoms with van der Waals surface area (Å²) in [7, 11) is 1.67. The number of hydrogen-bond acceptors (Lipinski definition) is 2. The summed E-state index contributed by atoms with van der Waals surface area (Å²) in [6, 6.07) is 0. The van der Waals surface area contributed by atoms with E-state index in [1.807, 2.05) is 27.7 Å². The fourth-order valence-corrected chi connectivity index (χ4v) is 0.764. The van der Waals surface area contributed by atoms with Crippen LogP contribution >= 0.6 is 0 Å². The van der Waals surface area contributed by atoms with Gasteiger partial charge in [0.25, 0.3) is 0 Å². The van der Waals surface area contributed by atoms with Crippen molar-refractivity contribution >= 4 is 0 Å². The summed E-state index contributed by atoms with van der Waals surface area (Å²) >= 11 is 0. The van der Waals surface area contributed by atoms with Gasteiger partial charge in [0, 0.05) is 7.11 Å². The summed E-state index contributed by atoms with van der Waals surface area (Å²) in [5, 5.41) is 9.61. The molecular weight excluding hydrogens is 140 g/mol. The van der Waals surface area contributed by atoms with Crippen LogP contribution in [0.25, 0.3) is 0 Å². The van der Waals surface area contributed by atoms with E-state index >= 15 is 0 Å². The van der Waals surface area contributed by atoms with E-state index in [-0.39, 0.29) is 17.6 Å². The molecule has 0 aromatic rings. The van der Waals surface area contributed by atoms with Gasteiger partial charge in [-0.05, 0) is 18.8 Å². The van der Waals surface area contributed by atoms with E-state index < -0.39 is 0 Å². The summed E-state index contributed by atoms with van der Waals surface area (Å²) in [5.74, 6) is 0. The maximum absolute atomic E-state index is 9.61. The lowest BCUT2D eigenvalue weighted by atomic mass is 9.86. The van der Waals surface area contributed by atoms with E-state index in [2.05, 4.69) is 0 Å². The second-order valence-electron chi connectivity index (χ2n) is 4.16. The van der Waals surface area contributed by atoms with E-state index in [1.54, 1.807) is 7.11 Å². The van der Waals surface area contributed by atoms with Gasteiger partial charge in [-0.1, -0.05) is 20.8 Å². The summed E-state index contributed by atoms with van der Waals surface area (Å²) in [6.07, 6.45) is 0.571. The zero-order chi connectivity index (χ0) is 9.07. The van der Waals surface area contributed by atoms with Crippen molar-refractivity contribution in [1.29, 1.82) is 0 Å². The molecule has 0 fully saturated rings. The standard InChI is InChI=1S/C9H20O2/c1-7(11-5)6-8(10)9(2,3)4/h7-8,10H,6H2,1-5H3. The highest BCUT2D eigenvalue weighted by molar-refractivity contribution is 4.74.